The largest absolute Gasteiger partial charge is 0.467 e. The summed E-state index contributed by atoms with van der Waals surface area (Å²) in [5.74, 6) is -0.678. The summed E-state index contributed by atoms with van der Waals surface area (Å²) < 4.78 is 14.8. The van der Waals surface area contributed by atoms with Crippen LogP contribution < -0.4 is 5.32 Å². The van der Waals surface area contributed by atoms with Crippen LogP contribution >= 0.6 is 0 Å². The highest BCUT2D eigenvalue weighted by Crippen LogP contribution is 2.19. The first-order valence-electron chi connectivity index (χ1n) is 13.7. The molecule has 12 heteroatoms. The fourth-order valence-corrected chi connectivity index (χ4v) is 3.91. The summed E-state index contributed by atoms with van der Waals surface area (Å²) in [6.45, 7) is 4.08. The van der Waals surface area contributed by atoms with Crippen molar-refractivity contribution in [3.8, 4) is 0 Å². The lowest BCUT2D eigenvalue weighted by Crippen LogP contribution is -2.42. The fourth-order valence-electron chi connectivity index (χ4n) is 3.91. The lowest BCUT2D eigenvalue weighted by Gasteiger charge is -2.18. The second kappa shape index (κ2) is 21.0. The van der Waals surface area contributed by atoms with Gasteiger partial charge in [0.15, 0.2) is 0 Å². The molecule has 2 atom stereocenters. The Morgan fingerprint density at radius 3 is 1.93 bits per heavy atom. The third-order valence-corrected chi connectivity index (χ3v) is 6.12. The minimum atomic E-state index is -0.885. The van der Waals surface area contributed by atoms with E-state index in [9.17, 15) is 24.0 Å². The minimum Gasteiger partial charge on any atom is -0.467 e. The molecular weight excluding hydrogens is 560 g/mol. The van der Waals surface area contributed by atoms with E-state index in [0.717, 1.165) is 24.0 Å². The van der Waals surface area contributed by atoms with Gasteiger partial charge in [0.2, 0.25) is 5.91 Å². The summed E-state index contributed by atoms with van der Waals surface area (Å²) in [5, 5.41) is 2.45. The summed E-state index contributed by atoms with van der Waals surface area (Å²) in [5.41, 5.74) is 1.76. The van der Waals surface area contributed by atoms with E-state index in [1.165, 1.54) is 12.0 Å². The highest BCUT2D eigenvalue weighted by atomic mass is 16.6. The Bertz CT molecular complexity index is 1200. The normalized spacial score (nSPS) is 14.0. The highest BCUT2D eigenvalue weighted by molar-refractivity contribution is 5.94. The number of carbonyl (C=O) groups is 5. The number of esters is 1. The van der Waals surface area contributed by atoms with Crippen molar-refractivity contribution in [1.29, 1.82) is 0 Å². The molecule has 43 heavy (non-hydrogen) atoms. The van der Waals surface area contributed by atoms with Crippen LogP contribution in [0.5, 0.6) is 0 Å². The Labute approximate surface area is 250 Å². The topological polar surface area (TPSA) is 162 Å². The Hall–Kier alpha value is -4.83. The molecule has 0 radical (unpaired) electrons. The maximum Gasteiger partial charge on any atom is 0.417 e. The van der Waals surface area contributed by atoms with Crippen molar-refractivity contribution in [3.63, 3.8) is 0 Å². The van der Waals surface area contributed by atoms with Gasteiger partial charge < -0.3 is 19.5 Å². The Balaban J connectivity index is 0.000000407. The van der Waals surface area contributed by atoms with Gasteiger partial charge in [-0.1, -0.05) is 67.6 Å². The van der Waals surface area contributed by atoms with Gasteiger partial charge in [-0.05, 0) is 37.3 Å². The van der Waals surface area contributed by atoms with E-state index in [4.69, 9.17) is 19.1 Å². The number of carbonyl (C=O) groups excluding carboxylic acids is 7. The van der Waals surface area contributed by atoms with Crippen molar-refractivity contribution in [1.82, 2.24) is 10.2 Å². The summed E-state index contributed by atoms with van der Waals surface area (Å²) in [4.78, 5) is 75.7. The van der Waals surface area contributed by atoms with Gasteiger partial charge >= 0.3 is 24.3 Å². The van der Waals surface area contributed by atoms with Crippen LogP contribution in [0.1, 0.15) is 63.5 Å². The molecule has 12 nitrogen and oxygen atoms in total. The zero-order valence-corrected chi connectivity index (χ0v) is 24.6. The molecule has 1 saturated heterocycles. The first-order valence-corrected chi connectivity index (χ1v) is 13.7. The van der Waals surface area contributed by atoms with Crippen LogP contribution in [-0.4, -0.2) is 60.1 Å². The summed E-state index contributed by atoms with van der Waals surface area (Å²) in [6, 6.07) is 17.7. The molecule has 0 saturated carbocycles. The Morgan fingerprint density at radius 1 is 0.930 bits per heavy atom. The van der Waals surface area contributed by atoms with Gasteiger partial charge in [-0.2, -0.15) is 9.59 Å². The second-order valence-corrected chi connectivity index (χ2v) is 9.38. The number of nitrogens with zero attached hydrogens (tertiary/aromatic N) is 1. The number of methoxy groups -OCH3 is 1. The maximum atomic E-state index is 11.8. The minimum absolute atomic E-state index is 0.0502. The van der Waals surface area contributed by atoms with Crippen molar-refractivity contribution < 1.29 is 47.8 Å². The Morgan fingerprint density at radius 2 is 1.47 bits per heavy atom. The number of alkyl carbamates (subject to hydrolysis) is 1. The molecule has 232 valence electrons. The number of amides is 3. The molecule has 0 aromatic heterocycles. The first kappa shape index (κ1) is 36.2. The van der Waals surface area contributed by atoms with Crippen LogP contribution in [0, 0.1) is 0 Å². The molecule has 0 unspecified atom stereocenters. The number of ether oxygens (including phenoxy) is 3. The maximum absolute atomic E-state index is 11.8. The number of imide groups is 1. The van der Waals surface area contributed by atoms with Gasteiger partial charge in [-0.25, -0.2) is 19.3 Å². The summed E-state index contributed by atoms with van der Waals surface area (Å²) >= 11 is 0. The molecule has 0 bridgehead atoms. The van der Waals surface area contributed by atoms with Crippen LogP contribution in [0.15, 0.2) is 60.7 Å². The average Bonchev–Trinajstić information content (AvgIpc) is 3.35. The fraction of sp³-hybridized carbons (Fsp3) is 0.419. The van der Waals surface area contributed by atoms with Crippen LogP contribution in [0.3, 0.4) is 0 Å². The van der Waals surface area contributed by atoms with Gasteiger partial charge in [0.05, 0.1) is 7.11 Å². The third kappa shape index (κ3) is 14.6. The predicted molar refractivity (Wildman–Crippen MR) is 152 cm³/mol. The van der Waals surface area contributed by atoms with Gasteiger partial charge in [-0.3, -0.25) is 9.59 Å². The SMILES string of the molecule is CCCC(=O)CC[C@H](NC(=O)OCc1ccccc1)C(=O)OC.C[C@H]1CCC(=O)N1C(=O)OCc1ccccc1.O=C=O. The predicted octanol–water partition coefficient (Wildman–Crippen LogP) is 4.35. The van der Waals surface area contributed by atoms with E-state index < -0.39 is 24.2 Å². The molecule has 3 amide bonds. The number of Topliss-reactive ketones (excluding diaryl/α,β-unsaturated/α-hetero) is 1. The van der Waals surface area contributed by atoms with Crippen LogP contribution in [0.25, 0.3) is 0 Å². The van der Waals surface area contributed by atoms with E-state index in [-0.39, 0.29) is 49.9 Å². The molecule has 1 fully saturated rings. The molecule has 2 aromatic carbocycles. The lowest BCUT2D eigenvalue weighted by atomic mass is 10.1. The molecule has 1 heterocycles. The highest BCUT2D eigenvalue weighted by Gasteiger charge is 2.34. The van der Waals surface area contributed by atoms with Gasteiger partial charge in [0, 0.05) is 25.3 Å². The van der Waals surface area contributed by atoms with E-state index in [0.29, 0.717) is 12.8 Å². The van der Waals surface area contributed by atoms with Gasteiger partial charge in [0.1, 0.15) is 25.0 Å². The number of rotatable bonds is 11. The van der Waals surface area contributed by atoms with Gasteiger partial charge in [0.25, 0.3) is 0 Å². The quantitative estimate of drug-likeness (QED) is 0.291. The number of ketones is 1. The number of hydrogen-bond donors (Lipinski definition) is 1. The van der Waals surface area contributed by atoms with Crippen molar-refractivity contribution in [2.45, 2.75) is 77.7 Å². The summed E-state index contributed by atoms with van der Waals surface area (Å²) in [6.07, 6.45) is 1.79. The average molecular weight is 599 g/mol. The van der Waals surface area contributed by atoms with Crippen molar-refractivity contribution in [3.05, 3.63) is 71.8 Å². The van der Waals surface area contributed by atoms with E-state index in [1.54, 1.807) is 0 Å². The molecular formula is C31H38N2O10. The molecule has 3 rings (SSSR count). The summed E-state index contributed by atoms with van der Waals surface area (Å²) in [7, 11) is 1.24. The third-order valence-electron chi connectivity index (χ3n) is 6.12. The standard InChI is InChI=1S/C17H23NO5.C13H15NO3.CO2/c1-3-7-14(19)10-11-15(16(20)22-2)18-17(21)23-12-13-8-5-4-6-9-13;1-10-7-8-12(15)14(10)13(16)17-9-11-5-3-2-4-6-11;2-1-3/h4-6,8-9,15H,3,7,10-12H2,1-2H3,(H,18,21);2-6,10H,7-9H2,1H3;/t15-;10-;/m00./s1. The van der Waals surface area contributed by atoms with E-state index in [1.807, 2.05) is 74.5 Å². The van der Waals surface area contributed by atoms with Crippen LogP contribution in [-0.2, 0) is 51.4 Å². The molecule has 1 aliphatic rings. The van der Waals surface area contributed by atoms with Crippen LogP contribution in [0.2, 0.25) is 0 Å². The number of nitrogens with one attached hydrogen (secondary N) is 1. The molecule has 1 aliphatic heterocycles. The lowest BCUT2D eigenvalue weighted by molar-refractivity contribution is -0.191. The van der Waals surface area contributed by atoms with E-state index in [2.05, 4.69) is 10.1 Å². The van der Waals surface area contributed by atoms with Gasteiger partial charge in [-0.15, -0.1) is 0 Å². The van der Waals surface area contributed by atoms with E-state index >= 15 is 0 Å². The van der Waals surface area contributed by atoms with Crippen molar-refractivity contribution >= 4 is 36.0 Å². The van der Waals surface area contributed by atoms with Crippen LogP contribution in [0.4, 0.5) is 9.59 Å². The zero-order valence-electron chi connectivity index (χ0n) is 24.6. The van der Waals surface area contributed by atoms with Crippen molar-refractivity contribution in [2.75, 3.05) is 7.11 Å². The number of benzene rings is 2. The zero-order chi connectivity index (χ0) is 32.0. The smallest absolute Gasteiger partial charge is 0.417 e. The Kier molecular flexibility index (Phi) is 17.6. The molecule has 0 spiro atoms. The second-order valence-electron chi connectivity index (χ2n) is 9.38. The monoisotopic (exact) mass is 598 g/mol. The van der Waals surface area contributed by atoms with Crippen molar-refractivity contribution in [2.24, 2.45) is 0 Å². The molecule has 0 aliphatic carbocycles. The number of hydrogen-bond acceptors (Lipinski definition) is 10. The first-order chi connectivity index (χ1) is 20.7. The molecule has 2 aromatic rings. The number of likely N-dealkylation sites (tertiary alicyclic amines) is 1. The molecule has 1 N–H and O–H groups in total.